The predicted molar refractivity (Wildman–Crippen MR) is 121 cm³/mol. The zero-order valence-electron chi connectivity index (χ0n) is 17.2. The van der Waals surface area contributed by atoms with E-state index in [1.165, 1.54) is 4.68 Å². The zero-order chi connectivity index (χ0) is 21.6. The van der Waals surface area contributed by atoms with Crippen molar-refractivity contribution < 1.29 is 14.3 Å². The van der Waals surface area contributed by atoms with Crippen molar-refractivity contribution in [1.82, 2.24) is 14.8 Å². The van der Waals surface area contributed by atoms with Gasteiger partial charge in [0.15, 0.2) is 5.82 Å². The van der Waals surface area contributed by atoms with Gasteiger partial charge in [0.25, 0.3) is 5.91 Å². The minimum Gasteiger partial charge on any atom is -0.497 e. The molecule has 2 heterocycles. The third-order valence-corrected chi connectivity index (χ3v) is 5.58. The number of aromatic nitrogens is 3. The molecule has 31 heavy (non-hydrogen) atoms. The fourth-order valence-electron chi connectivity index (χ4n) is 3.04. The number of anilines is 1. The zero-order valence-corrected chi connectivity index (χ0v) is 18.1. The van der Waals surface area contributed by atoms with Crippen LogP contribution in [0.1, 0.15) is 15.2 Å². The molecule has 158 valence electrons. The normalized spacial score (nSPS) is 10.6. The van der Waals surface area contributed by atoms with Gasteiger partial charge in [0.1, 0.15) is 11.5 Å². The highest BCUT2D eigenvalue weighted by molar-refractivity contribution is 7.09. The van der Waals surface area contributed by atoms with Crippen LogP contribution >= 0.6 is 11.3 Å². The summed E-state index contributed by atoms with van der Waals surface area (Å²) in [6, 6.07) is 18.9. The van der Waals surface area contributed by atoms with Gasteiger partial charge in [-0.2, -0.15) is 9.67 Å². The fraction of sp³-hybridized carbons (Fsp3) is 0.174. The van der Waals surface area contributed by atoms with Gasteiger partial charge in [-0.05, 0) is 53.4 Å². The Morgan fingerprint density at radius 2 is 1.68 bits per heavy atom. The number of carbonyl (C=O) groups is 1. The van der Waals surface area contributed by atoms with E-state index >= 15 is 0 Å². The lowest BCUT2D eigenvalue weighted by Gasteiger charge is -2.07. The van der Waals surface area contributed by atoms with E-state index in [-0.39, 0.29) is 12.3 Å². The number of hydrogen-bond acceptors (Lipinski definition) is 7. The number of benzene rings is 2. The van der Waals surface area contributed by atoms with E-state index in [2.05, 4.69) is 15.4 Å². The predicted octanol–water partition coefficient (Wildman–Crippen LogP) is 4.52. The molecule has 0 unspecified atom stereocenters. The summed E-state index contributed by atoms with van der Waals surface area (Å²) in [6.07, 6.45) is 0.198. The Labute approximate surface area is 184 Å². The van der Waals surface area contributed by atoms with Crippen LogP contribution < -0.4 is 14.8 Å². The molecular weight excluding hydrogens is 412 g/mol. The van der Waals surface area contributed by atoms with Gasteiger partial charge in [-0.15, -0.1) is 16.4 Å². The van der Waals surface area contributed by atoms with Crippen molar-refractivity contribution in [3.8, 4) is 22.9 Å². The Kier molecular flexibility index (Phi) is 6.28. The first-order chi connectivity index (χ1) is 15.2. The first kappa shape index (κ1) is 20.6. The smallest absolute Gasteiger partial charge is 0.254 e. The fourth-order valence-corrected chi connectivity index (χ4v) is 3.68. The molecule has 0 saturated heterocycles. The SMILES string of the molecule is COc1ccc(CC(=O)n2nc(-c3ccc(OC)cc3)nc2NCc2cccs2)cc1. The Morgan fingerprint density at radius 1 is 1.00 bits per heavy atom. The highest BCUT2D eigenvalue weighted by Crippen LogP contribution is 2.22. The second kappa shape index (κ2) is 9.44. The summed E-state index contributed by atoms with van der Waals surface area (Å²) in [7, 11) is 3.23. The van der Waals surface area contributed by atoms with Crippen LogP contribution in [0.25, 0.3) is 11.4 Å². The van der Waals surface area contributed by atoms with Gasteiger partial charge >= 0.3 is 0 Å². The highest BCUT2D eigenvalue weighted by Gasteiger charge is 2.18. The molecule has 8 heteroatoms. The van der Waals surface area contributed by atoms with E-state index in [9.17, 15) is 4.79 Å². The average molecular weight is 435 g/mol. The lowest BCUT2D eigenvalue weighted by molar-refractivity contribution is 0.0901. The molecule has 0 atom stereocenters. The molecule has 0 radical (unpaired) electrons. The first-order valence-electron chi connectivity index (χ1n) is 9.70. The number of methoxy groups -OCH3 is 2. The maximum atomic E-state index is 13.1. The Hall–Kier alpha value is -3.65. The van der Waals surface area contributed by atoms with Gasteiger partial charge in [0, 0.05) is 10.4 Å². The summed E-state index contributed by atoms with van der Waals surface area (Å²) < 4.78 is 11.7. The van der Waals surface area contributed by atoms with Crippen LogP contribution in [-0.2, 0) is 13.0 Å². The van der Waals surface area contributed by atoms with Crippen molar-refractivity contribution in [3.63, 3.8) is 0 Å². The maximum Gasteiger partial charge on any atom is 0.254 e. The van der Waals surface area contributed by atoms with Gasteiger partial charge in [-0.1, -0.05) is 18.2 Å². The summed E-state index contributed by atoms with van der Waals surface area (Å²) >= 11 is 1.64. The quantitative estimate of drug-likeness (QED) is 0.439. The summed E-state index contributed by atoms with van der Waals surface area (Å²) in [5, 5.41) is 9.76. The molecule has 0 amide bonds. The van der Waals surface area contributed by atoms with Crippen molar-refractivity contribution in [2.75, 3.05) is 19.5 Å². The topological polar surface area (TPSA) is 78.3 Å². The average Bonchev–Trinajstić information content (AvgIpc) is 3.48. The van der Waals surface area contributed by atoms with Crippen LogP contribution in [0.4, 0.5) is 5.95 Å². The third kappa shape index (κ3) is 4.92. The van der Waals surface area contributed by atoms with Crippen molar-refractivity contribution in [2.45, 2.75) is 13.0 Å². The van der Waals surface area contributed by atoms with E-state index in [0.29, 0.717) is 18.3 Å². The molecule has 2 aromatic heterocycles. The Bertz CT molecular complexity index is 1140. The van der Waals surface area contributed by atoms with Crippen molar-refractivity contribution in [2.24, 2.45) is 0 Å². The molecule has 0 aliphatic carbocycles. The van der Waals surface area contributed by atoms with E-state index in [1.54, 1.807) is 25.6 Å². The number of thiophene rings is 1. The molecular formula is C23H22N4O3S. The van der Waals surface area contributed by atoms with Crippen molar-refractivity contribution in [1.29, 1.82) is 0 Å². The standard InChI is InChI=1S/C23H22N4O3S/c1-29-18-9-5-16(6-10-18)14-21(28)27-23(24-15-20-4-3-13-31-20)25-22(26-27)17-7-11-19(30-2)12-8-17/h3-13H,14-15H2,1-2H3,(H,24,25,26). The van der Waals surface area contributed by atoms with Gasteiger partial charge in [0.05, 0.1) is 27.2 Å². The summed E-state index contributed by atoms with van der Waals surface area (Å²) in [5.74, 6) is 2.20. The molecule has 0 aliphatic heterocycles. The molecule has 4 aromatic rings. The number of rotatable bonds is 8. The molecule has 1 N–H and O–H groups in total. The van der Waals surface area contributed by atoms with Crippen molar-refractivity contribution in [3.05, 3.63) is 76.5 Å². The van der Waals surface area contributed by atoms with Crippen LogP contribution in [-0.4, -0.2) is 34.9 Å². The monoisotopic (exact) mass is 434 g/mol. The minimum absolute atomic E-state index is 0.175. The van der Waals surface area contributed by atoms with Gasteiger partial charge in [0.2, 0.25) is 5.95 Å². The van der Waals surface area contributed by atoms with Crippen LogP contribution in [0.5, 0.6) is 11.5 Å². The van der Waals surface area contributed by atoms with Crippen LogP contribution in [0.2, 0.25) is 0 Å². The largest absolute Gasteiger partial charge is 0.497 e. The number of carbonyl (C=O) groups excluding carboxylic acids is 1. The highest BCUT2D eigenvalue weighted by atomic mass is 32.1. The summed E-state index contributed by atoms with van der Waals surface area (Å²) in [4.78, 5) is 18.8. The lowest BCUT2D eigenvalue weighted by atomic mass is 10.1. The minimum atomic E-state index is -0.175. The number of nitrogens with one attached hydrogen (secondary N) is 1. The molecule has 0 saturated carbocycles. The Morgan fingerprint density at radius 3 is 2.29 bits per heavy atom. The Balaban J connectivity index is 1.60. The molecule has 0 bridgehead atoms. The van der Waals surface area contributed by atoms with Gasteiger partial charge < -0.3 is 14.8 Å². The number of hydrogen-bond donors (Lipinski definition) is 1. The second-order valence-corrected chi connectivity index (χ2v) is 7.78. The molecule has 7 nitrogen and oxygen atoms in total. The molecule has 0 spiro atoms. The second-order valence-electron chi connectivity index (χ2n) is 6.75. The number of nitrogens with zero attached hydrogens (tertiary/aromatic N) is 3. The lowest BCUT2D eigenvalue weighted by Crippen LogP contribution is -2.18. The van der Waals surface area contributed by atoms with Crippen LogP contribution in [0.3, 0.4) is 0 Å². The number of ether oxygens (including phenoxy) is 2. The summed E-state index contributed by atoms with van der Waals surface area (Å²) in [6.45, 7) is 0.564. The van der Waals surface area contributed by atoms with E-state index in [0.717, 1.165) is 27.5 Å². The molecule has 0 aliphatic rings. The third-order valence-electron chi connectivity index (χ3n) is 4.71. The first-order valence-corrected chi connectivity index (χ1v) is 10.6. The van der Waals surface area contributed by atoms with Crippen LogP contribution in [0, 0.1) is 0 Å². The van der Waals surface area contributed by atoms with Crippen LogP contribution in [0.15, 0.2) is 66.0 Å². The maximum absolute atomic E-state index is 13.1. The van der Waals surface area contributed by atoms with E-state index in [1.807, 2.05) is 66.0 Å². The van der Waals surface area contributed by atoms with E-state index < -0.39 is 0 Å². The van der Waals surface area contributed by atoms with Gasteiger partial charge in [-0.3, -0.25) is 4.79 Å². The molecule has 0 fully saturated rings. The molecule has 4 rings (SSSR count). The van der Waals surface area contributed by atoms with Gasteiger partial charge in [-0.25, -0.2) is 0 Å². The summed E-state index contributed by atoms with van der Waals surface area (Å²) in [5.41, 5.74) is 1.67. The van der Waals surface area contributed by atoms with Crippen molar-refractivity contribution >= 4 is 23.2 Å². The molecule has 2 aromatic carbocycles. The van der Waals surface area contributed by atoms with E-state index in [4.69, 9.17) is 9.47 Å².